The molecule has 0 bridgehead atoms. The summed E-state index contributed by atoms with van der Waals surface area (Å²) in [7, 11) is 0. The molecule has 0 unspecified atom stereocenters. The molecule has 0 aromatic heterocycles. The minimum Gasteiger partial charge on any atom is -0.480 e. The highest BCUT2D eigenvalue weighted by Crippen LogP contribution is 2.28. The van der Waals surface area contributed by atoms with Crippen molar-refractivity contribution in [2.75, 3.05) is 19.6 Å². The molecule has 112 valence electrons. The predicted octanol–water partition coefficient (Wildman–Crippen LogP) is 1.76. The Labute approximate surface area is 124 Å². The topological polar surface area (TPSA) is 60.9 Å². The molecule has 0 spiro atoms. The molecule has 1 fully saturated rings. The van der Waals surface area contributed by atoms with Gasteiger partial charge in [-0.1, -0.05) is 24.3 Å². The highest BCUT2D eigenvalue weighted by atomic mass is 16.4. The van der Waals surface area contributed by atoms with Crippen LogP contribution >= 0.6 is 0 Å². The van der Waals surface area contributed by atoms with Crippen LogP contribution in [0.5, 0.6) is 0 Å². The number of urea groups is 1. The van der Waals surface area contributed by atoms with E-state index in [0.29, 0.717) is 13.1 Å². The van der Waals surface area contributed by atoms with Crippen LogP contribution in [0.15, 0.2) is 24.3 Å². The summed E-state index contributed by atoms with van der Waals surface area (Å²) in [6.45, 7) is 1.14. The molecule has 1 aromatic carbocycles. The molecule has 1 saturated carbocycles. The number of hydrogen-bond donors (Lipinski definition) is 1. The number of amides is 2. The molecule has 5 nitrogen and oxygen atoms in total. The number of aliphatic carboxylic acids is 1. The highest BCUT2D eigenvalue weighted by Gasteiger charge is 2.36. The molecule has 2 aliphatic rings. The van der Waals surface area contributed by atoms with Crippen LogP contribution in [-0.2, 0) is 17.6 Å². The second kappa shape index (κ2) is 5.76. The van der Waals surface area contributed by atoms with Crippen LogP contribution in [0.2, 0.25) is 0 Å². The fourth-order valence-corrected chi connectivity index (χ4v) is 2.93. The smallest absolute Gasteiger partial charge is 0.323 e. The van der Waals surface area contributed by atoms with Crippen molar-refractivity contribution in [1.29, 1.82) is 0 Å². The fourth-order valence-electron chi connectivity index (χ4n) is 2.93. The predicted molar refractivity (Wildman–Crippen MR) is 78.2 cm³/mol. The zero-order valence-electron chi connectivity index (χ0n) is 12.0. The van der Waals surface area contributed by atoms with E-state index in [4.69, 9.17) is 5.11 Å². The second-order valence-electron chi connectivity index (χ2n) is 5.79. The standard InChI is InChI=1S/C16H20N2O3/c19-15(20)11-18(14-5-6-14)16(21)17-9-7-12-3-1-2-4-13(12)8-10-17/h1-4,14H,5-11H2,(H,19,20). The van der Waals surface area contributed by atoms with Crippen LogP contribution in [0, 0.1) is 0 Å². The lowest BCUT2D eigenvalue weighted by Crippen LogP contribution is -2.47. The molecule has 1 heterocycles. The average Bonchev–Trinajstić information content (AvgIpc) is 3.30. The first-order valence-corrected chi connectivity index (χ1v) is 7.49. The summed E-state index contributed by atoms with van der Waals surface area (Å²) in [5.74, 6) is -0.937. The molecule has 2 amide bonds. The van der Waals surface area contributed by atoms with Crippen molar-refractivity contribution in [3.8, 4) is 0 Å². The molecule has 1 aromatic rings. The zero-order chi connectivity index (χ0) is 14.8. The van der Waals surface area contributed by atoms with Crippen LogP contribution < -0.4 is 0 Å². The van der Waals surface area contributed by atoms with Gasteiger partial charge in [0.15, 0.2) is 0 Å². The number of hydrogen-bond acceptors (Lipinski definition) is 2. The molecule has 0 radical (unpaired) electrons. The Hall–Kier alpha value is -2.04. The lowest BCUT2D eigenvalue weighted by atomic mass is 10.0. The van der Waals surface area contributed by atoms with Gasteiger partial charge in [0, 0.05) is 19.1 Å². The third-order valence-electron chi connectivity index (χ3n) is 4.23. The lowest BCUT2D eigenvalue weighted by Gasteiger charge is -2.28. The molecule has 21 heavy (non-hydrogen) atoms. The monoisotopic (exact) mass is 288 g/mol. The van der Waals surface area contributed by atoms with Crippen LogP contribution in [0.3, 0.4) is 0 Å². The van der Waals surface area contributed by atoms with Gasteiger partial charge in [-0.15, -0.1) is 0 Å². The van der Waals surface area contributed by atoms with E-state index in [1.54, 1.807) is 4.90 Å². The van der Waals surface area contributed by atoms with E-state index >= 15 is 0 Å². The number of carbonyl (C=O) groups excluding carboxylic acids is 1. The Morgan fingerprint density at radius 1 is 1.14 bits per heavy atom. The van der Waals surface area contributed by atoms with Crippen molar-refractivity contribution in [3.05, 3.63) is 35.4 Å². The Morgan fingerprint density at radius 3 is 2.19 bits per heavy atom. The van der Waals surface area contributed by atoms with Crippen LogP contribution in [0.1, 0.15) is 24.0 Å². The van der Waals surface area contributed by atoms with Gasteiger partial charge in [0.05, 0.1) is 0 Å². The number of carbonyl (C=O) groups is 2. The number of carboxylic acid groups (broad SMARTS) is 1. The summed E-state index contributed by atoms with van der Waals surface area (Å²) >= 11 is 0. The summed E-state index contributed by atoms with van der Waals surface area (Å²) in [4.78, 5) is 26.9. The highest BCUT2D eigenvalue weighted by molar-refractivity contribution is 5.81. The molecule has 1 aliphatic heterocycles. The van der Waals surface area contributed by atoms with Crippen molar-refractivity contribution in [2.24, 2.45) is 0 Å². The zero-order valence-corrected chi connectivity index (χ0v) is 12.0. The largest absolute Gasteiger partial charge is 0.480 e. The van der Waals surface area contributed by atoms with Gasteiger partial charge in [0.25, 0.3) is 0 Å². The molecular formula is C16H20N2O3. The maximum atomic E-state index is 12.6. The number of nitrogens with zero attached hydrogens (tertiary/aromatic N) is 2. The first-order chi connectivity index (χ1) is 10.1. The van der Waals surface area contributed by atoms with E-state index in [9.17, 15) is 9.59 Å². The van der Waals surface area contributed by atoms with Gasteiger partial charge in [0.1, 0.15) is 6.54 Å². The third-order valence-corrected chi connectivity index (χ3v) is 4.23. The van der Waals surface area contributed by atoms with Gasteiger partial charge >= 0.3 is 12.0 Å². The summed E-state index contributed by atoms with van der Waals surface area (Å²) in [6.07, 6.45) is 3.53. The average molecular weight is 288 g/mol. The molecule has 0 saturated heterocycles. The SMILES string of the molecule is O=C(O)CN(C(=O)N1CCc2ccccc2CC1)C1CC1. The first kappa shape index (κ1) is 13.9. The summed E-state index contributed by atoms with van der Waals surface area (Å²) in [6, 6.07) is 8.28. The van der Waals surface area contributed by atoms with E-state index < -0.39 is 5.97 Å². The summed E-state index contributed by atoms with van der Waals surface area (Å²) < 4.78 is 0. The van der Waals surface area contributed by atoms with Gasteiger partial charge < -0.3 is 14.9 Å². The minimum atomic E-state index is -0.937. The Bertz CT molecular complexity index is 527. The molecule has 3 rings (SSSR count). The third kappa shape index (κ3) is 3.17. The maximum Gasteiger partial charge on any atom is 0.323 e. The molecule has 0 atom stereocenters. The molecular weight excluding hydrogens is 268 g/mol. The lowest BCUT2D eigenvalue weighted by molar-refractivity contribution is -0.137. The summed E-state index contributed by atoms with van der Waals surface area (Å²) in [5.41, 5.74) is 2.59. The van der Waals surface area contributed by atoms with Crippen molar-refractivity contribution >= 4 is 12.0 Å². The number of fused-ring (bicyclic) bond motifs is 1. The molecule has 5 heteroatoms. The molecule has 1 aliphatic carbocycles. The molecule has 1 N–H and O–H groups in total. The number of carboxylic acids is 1. The van der Waals surface area contributed by atoms with Crippen molar-refractivity contribution in [1.82, 2.24) is 9.80 Å². The number of benzene rings is 1. The minimum absolute atomic E-state index is 0.118. The van der Waals surface area contributed by atoms with Crippen molar-refractivity contribution in [2.45, 2.75) is 31.7 Å². The van der Waals surface area contributed by atoms with Crippen LogP contribution in [0.25, 0.3) is 0 Å². The Morgan fingerprint density at radius 2 is 1.71 bits per heavy atom. The van der Waals surface area contributed by atoms with E-state index in [0.717, 1.165) is 25.7 Å². The van der Waals surface area contributed by atoms with Crippen molar-refractivity contribution in [3.63, 3.8) is 0 Å². The first-order valence-electron chi connectivity index (χ1n) is 7.49. The van der Waals surface area contributed by atoms with Gasteiger partial charge in [-0.3, -0.25) is 4.79 Å². The van der Waals surface area contributed by atoms with E-state index in [-0.39, 0.29) is 18.6 Å². The van der Waals surface area contributed by atoms with Crippen molar-refractivity contribution < 1.29 is 14.7 Å². The Balaban J connectivity index is 1.69. The Kier molecular flexibility index (Phi) is 3.82. The van der Waals surface area contributed by atoms with Crippen LogP contribution in [0.4, 0.5) is 4.79 Å². The van der Waals surface area contributed by atoms with E-state index in [2.05, 4.69) is 12.1 Å². The van der Waals surface area contributed by atoms with E-state index in [1.165, 1.54) is 16.0 Å². The van der Waals surface area contributed by atoms with Gasteiger partial charge in [-0.05, 0) is 36.8 Å². The maximum absolute atomic E-state index is 12.6. The normalized spacial score (nSPS) is 17.8. The van der Waals surface area contributed by atoms with E-state index in [1.807, 2.05) is 12.1 Å². The second-order valence-corrected chi connectivity index (χ2v) is 5.79. The van der Waals surface area contributed by atoms with Gasteiger partial charge in [-0.2, -0.15) is 0 Å². The quantitative estimate of drug-likeness (QED) is 0.922. The van der Waals surface area contributed by atoms with Gasteiger partial charge in [0.2, 0.25) is 0 Å². The summed E-state index contributed by atoms with van der Waals surface area (Å²) in [5, 5.41) is 8.99. The van der Waals surface area contributed by atoms with Gasteiger partial charge in [-0.25, -0.2) is 4.79 Å². The number of rotatable bonds is 3. The fraction of sp³-hybridized carbons (Fsp3) is 0.500. The van der Waals surface area contributed by atoms with Crippen LogP contribution in [-0.4, -0.2) is 52.6 Å².